The molecule has 0 aliphatic heterocycles. The monoisotopic (exact) mass is 301 g/mol. The van der Waals surface area contributed by atoms with Gasteiger partial charge in [-0.25, -0.2) is 0 Å². The molecule has 2 rings (SSSR count). The molecule has 1 saturated carbocycles. The molecule has 0 aromatic heterocycles. The molecule has 2 unspecified atom stereocenters. The molecule has 0 bridgehead atoms. The van der Waals surface area contributed by atoms with Crippen LogP contribution in [0.4, 0.5) is 14.5 Å². The Morgan fingerprint density at radius 1 is 1.35 bits per heavy atom. The Morgan fingerprint density at radius 2 is 2.10 bits per heavy atom. The van der Waals surface area contributed by atoms with E-state index in [4.69, 9.17) is 5.11 Å². The van der Waals surface area contributed by atoms with Crippen molar-refractivity contribution in [1.82, 2.24) is 0 Å². The van der Waals surface area contributed by atoms with E-state index in [-0.39, 0.29) is 12.0 Å². The van der Waals surface area contributed by atoms with Gasteiger partial charge in [-0.05, 0) is 31.4 Å². The average molecular weight is 301 g/mol. The zero-order valence-corrected chi connectivity index (χ0v) is 11.7. The number of aliphatic carboxylic acids is 1. The van der Waals surface area contributed by atoms with Crippen molar-refractivity contribution >= 4 is 23.4 Å². The second-order valence-electron chi connectivity index (χ2n) is 4.92. The molecular formula is C14H17F2NO2S. The van der Waals surface area contributed by atoms with Gasteiger partial charge in [-0.3, -0.25) is 4.79 Å². The van der Waals surface area contributed by atoms with E-state index in [2.05, 4.69) is 5.32 Å². The highest BCUT2D eigenvalue weighted by atomic mass is 32.2. The fourth-order valence-electron chi connectivity index (χ4n) is 2.55. The van der Waals surface area contributed by atoms with Crippen LogP contribution < -0.4 is 5.32 Å². The molecule has 2 atom stereocenters. The largest absolute Gasteiger partial charge is 0.481 e. The van der Waals surface area contributed by atoms with Gasteiger partial charge in [0.25, 0.3) is 5.76 Å². The van der Waals surface area contributed by atoms with Crippen molar-refractivity contribution in [2.75, 3.05) is 5.32 Å². The Morgan fingerprint density at radius 3 is 2.80 bits per heavy atom. The van der Waals surface area contributed by atoms with Crippen LogP contribution >= 0.6 is 11.8 Å². The summed E-state index contributed by atoms with van der Waals surface area (Å²) in [4.78, 5) is 11.5. The van der Waals surface area contributed by atoms with Gasteiger partial charge < -0.3 is 10.4 Å². The zero-order valence-electron chi connectivity index (χ0n) is 10.9. The summed E-state index contributed by atoms with van der Waals surface area (Å²) in [6.45, 7) is 0. The van der Waals surface area contributed by atoms with Crippen LogP contribution in [0.5, 0.6) is 0 Å². The first kappa shape index (κ1) is 15.1. The number of carbonyl (C=O) groups is 1. The lowest BCUT2D eigenvalue weighted by Crippen LogP contribution is -2.31. The van der Waals surface area contributed by atoms with Crippen LogP contribution in [-0.2, 0) is 4.79 Å². The third-order valence-electron chi connectivity index (χ3n) is 3.49. The van der Waals surface area contributed by atoms with Crippen molar-refractivity contribution in [3.8, 4) is 0 Å². The van der Waals surface area contributed by atoms with Gasteiger partial charge in [0.05, 0.1) is 5.92 Å². The first-order valence-corrected chi connectivity index (χ1v) is 7.47. The van der Waals surface area contributed by atoms with Crippen molar-refractivity contribution < 1.29 is 18.7 Å². The van der Waals surface area contributed by atoms with E-state index >= 15 is 0 Å². The number of alkyl halides is 2. The fraction of sp³-hybridized carbons (Fsp3) is 0.500. The van der Waals surface area contributed by atoms with Crippen molar-refractivity contribution in [3.05, 3.63) is 24.3 Å². The summed E-state index contributed by atoms with van der Waals surface area (Å²) in [6.07, 6.45) is 2.96. The van der Waals surface area contributed by atoms with Crippen LogP contribution in [0.15, 0.2) is 29.2 Å². The van der Waals surface area contributed by atoms with Gasteiger partial charge in [-0.1, -0.05) is 30.3 Å². The number of carboxylic acids is 1. The summed E-state index contributed by atoms with van der Waals surface area (Å²) in [5, 5.41) is 12.3. The van der Waals surface area contributed by atoms with Crippen LogP contribution in [0.1, 0.15) is 25.7 Å². The van der Waals surface area contributed by atoms with Crippen LogP contribution in [0, 0.1) is 5.92 Å². The van der Waals surface area contributed by atoms with E-state index in [0.717, 1.165) is 12.8 Å². The van der Waals surface area contributed by atoms with Crippen LogP contribution in [-0.4, -0.2) is 22.9 Å². The van der Waals surface area contributed by atoms with Crippen molar-refractivity contribution in [2.45, 2.75) is 42.4 Å². The maximum atomic E-state index is 12.5. The summed E-state index contributed by atoms with van der Waals surface area (Å²) in [5.74, 6) is -3.57. The van der Waals surface area contributed by atoms with Crippen molar-refractivity contribution in [3.63, 3.8) is 0 Å². The van der Waals surface area contributed by atoms with Gasteiger partial charge >= 0.3 is 5.97 Å². The molecular weight excluding hydrogens is 284 g/mol. The second-order valence-corrected chi connectivity index (χ2v) is 5.95. The molecule has 20 heavy (non-hydrogen) atoms. The lowest BCUT2D eigenvalue weighted by Gasteiger charge is -2.28. The summed E-state index contributed by atoms with van der Waals surface area (Å²) >= 11 is 0.509. The Labute approximate surface area is 120 Å². The number of carboxylic acid groups (broad SMARTS) is 1. The van der Waals surface area contributed by atoms with Gasteiger partial charge in [-0.15, -0.1) is 0 Å². The average Bonchev–Trinajstić information content (AvgIpc) is 2.41. The molecule has 1 aromatic carbocycles. The van der Waals surface area contributed by atoms with E-state index < -0.39 is 11.7 Å². The summed E-state index contributed by atoms with van der Waals surface area (Å²) in [5.41, 5.74) is 0.661. The molecule has 0 spiro atoms. The number of hydrogen-bond donors (Lipinski definition) is 2. The van der Waals surface area contributed by atoms with E-state index in [1.165, 1.54) is 0 Å². The van der Waals surface area contributed by atoms with Gasteiger partial charge in [0.15, 0.2) is 0 Å². The third kappa shape index (κ3) is 4.10. The lowest BCUT2D eigenvalue weighted by atomic mass is 9.85. The highest BCUT2D eigenvalue weighted by Gasteiger charge is 2.27. The minimum absolute atomic E-state index is 0.0317. The Kier molecular flexibility index (Phi) is 5.23. The quantitative estimate of drug-likeness (QED) is 0.805. The number of hydrogen-bond acceptors (Lipinski definition) is 3. The van der Waals surface area contributed by atoms with Crippen molar-refractivity contribution in [1.29, 1.82) is 0 Å². The standard InChI is InChI=1S/C14H17F2NO2S/c15-14(16)20-12-7-2-1-6-11(12)17-10-5-3-4-9(8-10)13(18)19/h1-2,6-7,9-10,14,17H,3-5,8H2,(H,18,19). The molecule has 1 aliphatic carbocycles. The van der Waals surface area contributed by atoms with E-state index in [0.29, 0.717) is 35.2 Å². The highest BCUT2D eigenvalue weighted by Crippen LogP contribution is 2.34. The number of thioether (sulfide) groups is 1. The van der Waals surface area contributed by atoms with Gasteiger partial charge in [0.2, 0.25) is 0 Å². The first-order chi connectivity index (χ1) is 9.56. The molecule has 0 heterocycles. The van der Waals surface area contributed by atoms with Crippen LogP contribution in [0.2, 0.25) is 0 Å². The van der Waals surface area contributed by atoms with Gasteiger partial charge in [0, 0.05) is 16.6 Å². The number of rotatable bonds is 5. The second kappa shape index (κ2) is 6.92. The minimum atomic E-state index is -2.46. The number of para-hydroxylation sites is 1. The minimum Gasteiger partial charge on any atom is -0.481 e. The van der Waals surface area contributed by atoms with Crippen LogP contribution in [0.25, 0.3) is 0 Å². The maximum Gasteiger partial charge on any atom is 0.306 e. The SMILES string of the molecule is O=C(O)C1CCCC(Nc2ccccc2SC(F)F)C1. The molecule has 0 radical (unpaired) electrons. The third-order valence-corrected chi connectivity index (χ3v) is 4.27. The van der Waals surface area contributed by atoms with E-state index in [9.17, 15) is 13.6 Å². The molecule has 1 fully saturated rings. The Hall–Kier alpha value is -1.30. The zero-order chi connectivity index (χ0) is 14.5. The smallest absolute Gasteiger partial charge is 0.306 e. The molecule has 6 heteroatoms. The van der Waals surface area contributed by atoms with Crippen molar-refractivity contribution in [2.24, 2.45) is 5.92 Å². The molecule has 1 aliphatic rings. The van der Waals surface area contributed by atoms with Gasteiger partial charge in [0.1, 0.15) is 0 Å². The summed E-state index contributed by atoms with van der Waals surface area (Å²) in [6, 6.07) is 6.95. The molecule has 1 aromatic rings. The predicted molar refractivity (Wildman–Crippen MR) is 75.3 cm³/mol. The van der Waals surface area contributed by atoms with E-state index in [1.54, 1.807) is 24.3 Å². The van der Waals surface area contributed by atoms with Crippen LogP contribution in [0.3, 0.4) is 0 Å². The maximum absolute atomic E-state index is 12.5. The normalized spacial score (nSPS) is 22.8. The molecule has 3 nitrogen and oxygen atoms in total. The molecule has 0 saturated heterocycles. The Bertz CT molecular complexity index is 470. The lowest BCUT2D eigenvalue weighted by molar-refractivity contribution is -0.142. The Balaban J connectivity index is 2.04. The molecule has 110 valence electrons. The van der Waals surface area contributed by atoms with E-state index in [1.807, 2.05) is 0 Å². The molecule has 0 amide bonds. The number of anilines is 1. The predicted octanol–water partition coefficient (Wildman–Crippen LogP) is 4.06. The number of benzene rings is 1. The number of halogens is 2. The highest BCUT2D eigenvalue weighted by molar-refractivity contribution is 7.99. The topological polar surface area (TPSA) is 49.3 Å². The molecule has 2 N–H and O–H groups in total. The first-order valence-electron chi connectivity index (χ1n) is 6.59. The summed E-state index contributed by atoms with van der Waals surface area (Å²) in [7, 11) is 0. The van der Waals surface area contributed by atoms with Gasteiger partial charge in [-0.2, -0.15) is 8.78 Å². The summed E-state index contributed by atoms with van der Waals surface area (Å²) < 4.78 is 25.0. The number of nitrogens with one attached hydrogen (secondary N) is 1. The fourth-order valence-corrected chi connectivity index (χ4v) is 3.15.